The van der Waals surface area contributed by atoms with Gasteiger partial charge in [-0.3, -0.25) is 10.1 Å². The lowest BCUT2D eigenvalue weighted by Gasteiger charge is -2.03. The minimum atomic E-state index is -0.194. The van der Waals surface area contributed by atoms with Crippen LogP contribution in [-0.4, -0.2) is 16.1 Å². The number of nitrogens with zero attached hydrogens (tertiary/aromatic N) is 2. The first-order valence-electron chi connectivity index (χ1n) is 8.76. The second-order valence-corrected chi connectivity index (χ2v) is 6.70. The number of aromatic nitrogens is 2. The molecule has 1 heterocycles. The van der Waals surface area contributed by atoms with Gasteiger partial charge in [-0.25, -0.2) is 0 Å². The summed E-state index contributed by atoms with van der Waals surface area (Å²) in [6.07, 6.45) is 0.242. The van der Waals surface area contributed by atoms with Crippen molar-refractivity contribution in [3.8, 4) is 11.5 Å². The number of amides is 1. The SMILES string of the molecule is Cc1cc(C)cc(-c2nnc(NC(=O)Cc3ccc4ccccc4c3)o2)c1. The van der Waals surface area contributed by atoms with E-state index in [-0.39, 0.29) is 18.3 Å². The molecule has 0 aliphatic heterocycles. The van der Waals surface area contributed by atoms with Crippen LogP contribution in [0.1, 0.15) is 16.7 Å². The molecule has 5 nitrogen and oxygen atoms in total. The monoisotopic (exact) mass is 357 g/mol. The molecule has 0 bridgehead atoms. The zero-order valence-corrected chi connectivity index (χ0v) is 15.2. The average Bonchev–Trinajstić information content (AvgIpc) is 3.09. The third-order valence-corrected chi connectivity index (χ3v) is 4.32. The summed E-state index contributed by atoms with van der Waals surface area (Å²) in [6, 6.07) is 20.2. The molecule has 0 saturated heterocycles. The largest absolute Gasteiger partial charge is 0.403 e. The fourth-order valence-corrected chi connectivity index (χ4v) is 3.19. The van der Waals surface area contributed by atoms with Crippen LogP contribution in [0.4, 0.5) is 6.01 Å². The highest BCUT2D eigenvalue weighted by Gasteiger charge is 2.12. The predicted octanol–water partition coefficient (Wildman–Crippen LogP) is 4.69. The van der Waals surface area contributed by atoms with Gasteiger partial charge in [-0.2, -0.15) is 0 Å². The predicted molar refractivity (Wildman–Crippen MR) is 105 cm³/mol. The van der Waals surface area contributed by atoms with Gasteiger partial charge in [-0.1, -0.05) is 64.8 Å². The van der Waals surface area contributed by atoms with Gasteiger partial charge in [0.1, 0.15) is 0 Å². The van der Waals surface area contributed by atoms with E-state index in [4.69, 9.17) is 4.42 Å². The van der Waals surface area contributed by atoms with E-state index >= 15 is 0 Å². The van der Waals surface area contributed by atoms with Crippen LogP contribution in [0.25, 0.3) is 22.2 Å². The van der Waals surface area contributed by atoms with E-state index < -0.39 is 0 Å². The molecule has 0 fully saturated rings. The van der Waals surface area contributed by atoms with Crippen molar-refractivity contribution in [1.29, 1.82) is 0 Å². The van der Waals surface area contributed by atoms with Crippen molar-refractivity contribution >= 4 is 22.7 Å². The van der Waals surface area contributed by atoms with Crippen molar-refractivity contribution in [3.05, 3.63) is 77.4 Å². The van der Waals surface area contributed by atoms with Gasteiger partial charge in [0.25, 0.3) is 0 Å². The van der Waals surface area contributed by atoms with Gasteiger partial charge in [0.2, 0.25) is 11.8 Å². The zero-order chi connectivity index (χ0) is 18.8. The molecule has 1 amide bonds. The van der Waals surface area contributed by atoms with E-state index in [1.807, 2.05) is 68.4 Å². The lowest BCUT2D eigenvalue weighted by molar-refractivity contribution is -0.115. The van der Waals surface area contributed by atoms with Gasteiger partial charge < -0.3 is 4.42 Å². The third-order valence-electron chi connectivity index (χ3n) is 4.32. The Balaban J connectivity index is 1.47. The molecule has 4 aromatic rings. The lowest BCUT2D eigenvalue weighted by Crippen LogP contribution is -2.14. The number of anilines is 1. The van der Waals surface area contributed by atoms with Gasteiger partial charge in [-0.15, -0.1) is 5.10 Å². The summed E-state index contributed by atoms with van der Waals surface area (Å²) in [5.74, 6) is 0.198. The first kappa shape index (κ1) is 17.0. The minimum Gasteiger partial charge on any atom is -0.403 e. The van der Waals surface area contributed by atoms with Gasteiger partial charge in [0, 0.05) is 5.56 Å². The number of hydrogen-bond acceptors (Lipinski definition) is 4. The van der Waals surface area contributed by atoms with Crippen LogP contribution in [-0.2, 0) is 11.2 Å². The highest BCUT2D eigenvalue weighted by atomic mass is 16.4. The molecule has 1 aromatic heterocycles. The summed E-state index contributed by atoms with van der Waals surface area (Å²) in [5, 5.41) is 12.9. The van der Waals surface area contributed by atoms with Gasteiger partial charge in [0.15, 0.2) is 0 Å². The summed E-state index contributed by atoms with van der Waals surface area (Å²) in [7, 11) is 0. The number of carbonyl (C=O) groups is 1. The number of hydrogen-bond donors (Lipinski definition) is 1. The van der Waals surface area contributed by atoms with Crippen molar-refractivity contribution in [1.82, 2.24) is 10.2 Å². The topological polar surface area (TPSA) is 68.0 Å². The molecule has 0 aliphatic carbocycles. The Morgan fingerprint density at radius 3 is 2.44 bits per heavy atom. The maximum Gasteiger partial charge on any atom is 0.322 e. The summed E-state index contributed by atoms with van der Waals surface area (Å²) < 4.78 is 5.60. The smallest absolute Gasteiger partial charge is 0.322 e. The molecular formula is C22H19N3O2. The Labute approximate surface area is 157 Å². The molecule has 4 rings (SSSR count). The van der Waals surface area contributed by atoms with E-state index in [1.54, 1.807) is 0 Å². The average molecular weight is 357 g/mol. The van der Waals surface area contributed by atoms with Crippen LogP contribution in [0.5, 0.6) is 0 Å². The molecule has 0 saturated carbocycles. The van der Waals surface area contributed by atoms with Crippen LogP contribution in [0.3, 0.4) is 0 Å². The fourth-order valence-electron chi connectivity index (χ4n) is 3.19. The second-order valence-electron chi connectivity index (χ2n) is 6.70. The molecule has 0 aliphatic rings. The quantitative estimate of drug-likeness (QED) is 0.575. The molecule has 1 N–H and O–H groups in total. The van der Waals surface area contributed by atoms with Crippen LogP contribution in [0, 0.1) is 13.8 Å². The molecule has 0 radical (unpaired) electrons. The van der Waals surface area contributed by atoms with Crippen molar-refractivity contribution < 1.29 is 9.21 Å². The maximum absolute atomic E-state index is 12.3. The number of benzene rings is 3. The third kappa shape index (κ3) is 3.87. The first-order valence-corrected chi connectivity index (χ1v) is 8.76. The Kier molecular flexibility index (Phi) is 4.42. The number of aryl methyl sites for hydroxylation is 2. The number of carbonyl (C=O) groups excluding carboxylic acids is 1. The van der Waals surface area contributed by atoms with Crippen molar-refractivity contribution in [2.45, 2.75) is 20.3 Å². The number of fused-ring (bicyclic) bond motifs is 1. The van der Waals surface area contributed by atoms with Crippen LogP contribution < -0.4 is 5.32 Å². The van der Waals surface area contributed by atoms with Crippen molar-refractivity contribution in [3.63, 3.8) is 0 Å². The zero-order valence-electron chi connectivity index (χ0n) is 15.2. The molecule has 5 heteroatoms. The lowest BCUT2D eigenvalue weighted by atomic mass is 10.1. The summed E-state index contributed by atoms with van der Waals surface area (Å²) in [6.45, 7) is 4.03. The number of rotatable bonds is 4. The first-order chi connectivity index (χ1) is 13.1. The molecule has 0 unspecified atom stereocenters. The van der Waals surface area contributed by atoms with E-state index in [2.05, 4.69) is 21.6 Å². The molecular weight excluding hydrogens is 338 g/mol. The Morgan fingerprint density at radius 1 is 0.926 bits per heavy atom. The summed E-state index contributed by atoms with van der Waals surface area (Å²) in [4.78, 5) is 12.3. The summed E-state index contributed by atoms with van der Waals surface area (Å²) in [5.41, 5.74) is 4.01. The van der Waals surface area contributed by atoms with Crippen LogP contribution in [0.15, 0.2) is 65.1 Å². The van der Waals surface area contributed by atoms with Crippen molar-refractivity contribution in [2.75, 3.05) is 5.32 Å². The Bertz CT molecular complexity index is 1110. The van der Waals surface area contributed by atoms with Gasteiger partial charge in [0.05, 0.1) is 6.42 Å². The molecule has 3 aromatic carbocycles. The van der Waals surface area contributed by atoms with E-state index in [0.29, 0.717) is 5.89 Å². The van der Waals surface area contributed by atoms with E-state index in [0.717, 1.165) is 33.0 Å². The molecule has 0 spiro atoms. The fraction of sp³-hybridized carbons (Fsp3) is 0.136. The highest BCUT2D eigenvalue weighted by Crippen LogP contribution is 2.22. The standard InChI is InChI=1S/C22H19N3O2/c1-14-9-15(2)11-19(10-14)21-24-25-22(27-21)23-20(26)13-16-7-8-17-5-3-4-6-18(17)12-16/h3-12H,13H2,1-2H3,(H,23,25,26). The highest BCUT2D eigenvalue weighted by molar-refractivity contribution is 5.91. The number of nitrogens with one attached hydrogen (secondary N) is 1. The van der Waals surface area contributed by atoms with Crippen LogP contribution >= 0.6 is 0 Å². The van der Waals surface area contributed by atoms with Crippen molar-refractivity contribution in [2.24, 2.45) is 0 Å². The maximum atomic E-state index is 12.3. The van der Waals surface area contributed by atoms with Gasteiger partial charge in [-0.05, 0) is 42.3 Å². The molecule has 134 valence electrons. The van der Waals surface area contributed by atoms with Gasteiger partial charge >= 0.3 is 6.01 Å². The molecule has 27 heavy (non-hydrogen) atoms. The second kappa shape index (κ2) is 7.03. The van der Waals surface area contributed by atoms with E-state index in [9.17, 15) is 4.79 Å². The normalized spacial score (nSPS) is 10.9. The Hall–Kier alpha value is -3.47. The Morgan fingerprint density at radius 2 is 1.67 bits per heavy atom. The van der Waals surface area contributed by atoms with Crippen LogP contribution in [0.2, 0.25) is 0 Å². The summed E-state index contributed by atoms with van der Waals surface area (Å²) >= 11 is 0. The minimum absolute atomic E-state index is 0.106. The van der Waals surface area contributed by atoms with E-state index in [1.165, 1.54) is 0 Å². The molecule has 0 atom stereocenters.